The van der Waals surface area contributed by atoms with E-state index in [0.29, 0.717) is 42.2 Å². The summed E-state index contributed by atoms with van der Waals surface area (Å²) < 4.78 is 0. The largest absolute Gasteiger partial charge is 0.345 e. The number of Topliss-reactive ketones (excluding diaryl/α,β-unsaturated/α-hetero) is 1. The maximum atomic E-state index is 12.6. The molecular weight excluding hydrogens is 426 g/mol. The van der Waals surface area contributed by atoms with Crippen molar-refractivity contribution >= 4 is 24.3 Å². The van der Waals surface area contributed by atoms with E-state index >= 15 is 0 Å². The van der Waals surface area contributed by atoms with Crippen molar-refractivity contribution < 1.29 is 14.4 Å². The van der Waals surface area contributed by atoms with Gasteiger partial charge in [0.1, 0.15) is 0 Å². The first-order valence-corrected chi connectivity index (χ1v) is 13.1. The summed E-state index contributed by atoms with van der Waals surface area (Å²) in [7, 11) is 0. The van der Waals surface area contributed by atoms with Gasteiger partial charge in [0.15, 0.2) is 5.78 Å². The van der Waals surface area contributed by atoms with E-state index in [1.807, 2.05) is 12.1 Å². The van der Waals surface area contributed by atoms with Gasteiger partial charge < -0.3 is 10.2 Å². The molecule has 6 heteroatoms. The minimum atomic E-state index is -0.156. The second-order valence-electron chi connectivity index (χ2n) is 10.7. The number of amides is 2. The maximum absolute atomic E-state index is 12.6. The van der Waals surface area contributed by atoms with E-state index in [1.54, 1.807) is 0 Å². The van der Waals surface area contributed by atoms with Gasteiger partial charge in [0.2, 0.25) is 5.91 Å². The van der Waals surface area contributed by atoms with E-state index < -0.39 is 0 Å². The van der Waals surface area contributed by atoms with Gasteiger partial charge in [-0.25, -0.2) is 4.99 Å². The van der Waals surface area contributed by atoms with Crippen LogP contribution in [0.5, 0.6) is 0 Å². The lowest BCUT2D eigenvalue weighted by Crippen LogP contribution is -2.40. The van der Waals surface area contributed by atoms with Crippen LogP contribution in [0.4, 0.5) is 0 Å². The van der Waals surface area contributed by atoms with Crippen molar-refractivity contribution in [3.8, 4) is 0 Å². The number of hydrogen-bond donors (Lipinski definition) is 1. The van der Waals surface area contributed by atoms with Gasteiger partial charge >= 0.3 is 0 Å². The average molecular weight is 466 g/mol. The Hall–Kier alpha value is -2.34. The third-order valence-corrected chi connectivity index (χ3v) is 8.13. The van der Waals surface area contributed by atoms with E-state index in [1.165, 1.54) is 24.0 Å². The van der Waals surface area contributed by atoms with Crippen molar-refractivity contribution in [3.05, 3.63) is 34.9 Å². The summed E-state index contributed by atoms with van der Waals surface area (Å²) in [5.41, 5.74) is 3.17. The van der Waals surface area contributed by atoms with Crippen LogP contribution < -0.4 is 5.32 Å². The van der Waals surface area contributed by atoms with Crippen molar-refractivity contribution in [2.75, 3.05) is 19.6 Å². The third kappa shape index (κ3) is 6.62. The molecule has 0 aromatic heterocycles. The molecule has 3 aliphatic rings. The summed E-state index contributed by atoms with van der Waals surface area (Å²) >= 11 is 0. The first kappa shape index (κ1) is 24.8. The molecule has 1 heterocycles. The van der Waals surface area contributed by atoms with Gasteiger partial charge in [0.25, 0.3) is 5.91 Å². The monoisotopic (exact) mass is 465 g/mol. The van der Waals surface area contributed by atoms with Gasteiger partial charge in [-0.1, -0.05) is 6.07 Å². The Morgan fingerprint density at radius 1 is 1.06 bits per heavy atom. The lowest BCUT2D eigenvalue weighted by molar-refractivity contribution is -0.119. The molecule has 6 nitrogen and oxygen atoms in total. The van der Waals surface area contributed by atoms with Crippen molar-refractivity contribution in [2.24, 2.45) is 16.8 Å². The van der Waals surface area contributed by atoms with Crippen molar-refractivity contribution in [2.45, 2.75) is 83.1 Å². The lowest BCUT2D eigenvalue weighted by Gasteiger charge is -2.36. The normalized spacial score (nSPS) is 23.6. The van der Waals surface area contributed by atoms with Crippen LogP contribution in [0, 0.1) is 18.8 Å². The van der Waals surface area contributed by atoms with Crippen LogP contribution in [-0.2, 0) is 9.59 Å². The highest BCUT2D eigenvalue weighted by atomic mass is 16.2. The first-order valence-electron chi connectivity index (χ1n) is 13.1. The molecule has 1 aromatic carbocycles. The number of rotatable bonds is 10. The summed E-state index contributed by atoms with van der Waals surface area (Å²) in [6, 6.07) is 6.48. The van der Waals surface area contributed by atoms with Crippen molar-refractivity contribution in [1.82, 2.24) is 10.2 Å². The molecule has 1 aromatic rings. The zero-order valence-electron chi connectivity index (χ0n) is 20.6. The minimum Gasteiger partial charge on any atom is -0.345 e. The molecule has 0 radical (unpaired) electrons. The van der Waals surface area contributed by atoms with E-state index in [9.17, 15) is 14.4 Å². The lowest BCUT2D eigenvalue weighted by atomic mass is 9.91. The Morgan fingerprint density at radius 2 is 1.82 bits per heavy atom. The predicted octanol–water partition coefficient (Wildman–Crippen LogP) is 4.45. The number of aryl methyl sites for hydroxylation is 1. The minimum absolute atomic E-state index is 0.0940. The quantitative estimate of drug-likeness (QED) is 0.518. The number of carbonyl (C=O) groups excluding carboxylic acids is 3. The summed E-state index contributed by atoms with van der Waals surface area (Å²) in [6.07, 6.45) is 10.1. The number of aliphatic imine (C=N–C) groups is 1. The first-order chi connectivity index (χ1) is 16.4. The van der Waals surface area contributed by atoms with Gasteiger partial charge in [-0.05, 0) is 119 Å². The summed E-state index contributed by atoms with van der Waals surface area (Å²) in [5, 5.41) is 2.83. The summed E-state index contributed by atoms with van der Waals surface area (Å²) in [5.74, 6) is 1.58. The number of nitrogens with zero attached hydrogens (tertiary/aromatic N) is 2. The topological polar surface area (TPSA) is 78.8 Å². The maximum Gasteiger partial charge on any atom is 0.251 e. The van der Waals surface area contributed by atoms with Crippen LogP contribution in [0.25, 0.3) is 0 Å². The van der Waals surface area contributed by atoms with Crippen molar-refractivity contribution in [1.29, 1.82) is 0 Å². The van der Waals surface area contributed by atoms with E-state index in [-0.39, 0.29) is 24.1 Å². The molecular formula is C28H39N3O3. The number of hydrogen-bond acceptors (Lipinski definition) is 4. The standard InChI is InChI=1S/C28H39N3O3/c1-19-15-23(7-9-26(19)22-5-6-22)28(34)30-18-25(32)17-21-3-8-24(16-21)31-13-11-20(12-14-31)4-10-27(33)29-2/h7,9,15,20-22,24H,2-6,8,10-14,16-18H2,1H3,(H,30,34)/t21-,24?/m0/s1. The van der Waals surface area contributed by atoms with Crippen LogP contribution in [0.3, 0.4) is 0 Å². The Balaban J connectivity index is 1.14. The van der Waals surface area contributed by atoms with E-state index in [2.05, 4.69) is 34.9 Å². The van der Waals surface area contributed by atoms with Crippen LogP contribution >= 0.6 is 0 Å². The molecule has 34 heavy (non-hydrogen) atoms. The Labute approximate surface area is 203 Å². The fourth-order valence-electron chi connectivity index (χ4n) is 5.92. The van der Waals surface area contributed by atoms with E-state index in [0.717, 1.165) is 51.6 Å². The number of likely N-dealkylation sites (tertiary alicyclic amines) is 1. The molecule has 184 valence electrons. The number of nitrogens with one attached hydrogen (secondary N) is 1. The van der Waals surface area contributed by atoms with Gasteiger partial charge in [-0.2, -0.15) is 0 Å². The number of piperidine rings is 1. The Bertz CT molecular complexity index is 915. The van der Waals surface area contributed by atoms with Crippen molar-refractivity contribution in [3.63, 3.8) is 0 Å². The average Bonchev–Trinajstić information content (AvgIpc) is 3.59. The smallest absolute Gasteiger partial charge is 0.251 e. The van der Waals surface area contributed by atoms with Gasteiger partial charge in [0.05, 0.1) is 6.54 Å². The van der Waals surface area contributed by atoms with Crippen LogP contribution in [0.15, 0.2) is 23.2 Å². The Kier molecular flexibility index (Phi) is 8.30. The molecule has 4 rings (SSSR count). The van der Waals surface area contributed by atoms with Crippen LogP contribution in [-0.4, -0.2) is 54.9 Å². The highest BCUT2D eigenvalue weighted by Gasteiger charge is 2.32. The molecule has 2 aliphatic carbocycles. The summed E-state index contributed by atoms with van der Waals surface area (Å²) in [6.45, 7) is 7.66. The molecule has 1 saturated heterocycles. The molecule has 2 saturated carbocycles. The fourth-order valence-corrected chi connectivity index (χ4v) is 5.92. The number of benzene rings is 1. The zero-order valence-corrected chi connectivity index (χ0v) is 20.6. The van der Waals surface area contributed by atoms with Gasteiger partial charge in [-0.15, -0.1) is 0 Å². The highest BCUT2D eigenvalue weighted by molar-refractivity contribution is 5.97. The second-order valence-corrected chi connectivity index (χ2v) is 10.7. The molecule has 2 atom stereocenters. The number of ketones is 1. The van der Waals surface area contributed by atoms with Crippen LogP contribution in [0.1, 0.15) is 91.6 Å². The van der Waals surface area contributed by atoms with E-state index in [4.69, 9.17) is 0 Å². The summed E-state index contributed by atoms with van der Waals surface area (Å²) in [4.78, 5) is 42.5. The SMILES string of the molecule is C=NC(=O)CCC1CCN(C2CC[C@H](CC(=O)CNC(=O)c3ccc(C4CC4)c(C)c3)C2)CC1. The molecule has 1 N–H and O–H groups in total. The highest BCUT2D eigenvalue weighted by Crippen LogP contribution is 2.41. The zero-order chi connectivity index (χ0) is 24.1. The Morgan fingerprint density at radius 3 is 2.50 bits per heavy atom. The molecule has 3 fully saturated rings. The molecule has 0 bridgehead atoms. The molecule has 1 unspecified atom stereocenters. The number of carbonyl (C=O) groups is 3. The third-order valence-electron chi connectivity index (χ3n) is 8.13. The second kappa shape index (κ2) is 11.4. The predicted molar refractivity (Wildman–Crippen MR) is 134 cm³/mol. The molecule has 0 spiro atoms. The molecule has 2 amide bonds. The van der Waals surface area contributed by atoms with Gasteiger partial charge in [-0.3, -0.25) is 14.4 Å². The molecule has 1 aliphatic heterocycles. The van der Waals surface area contributed by atoms with Gasteiger partial charge in [0, 0.05) is 24.4 Å². The fraction of sp³-hybridized carbons (Fsp3) is 0.643. The van der Waals surface area contributed by atoms with Crippen LogP contribution in [0.2, 0.25) is 0 Å².